The van der Waals surface area contributed by atoms with Gasteiger partial charge in [-0.15, -0.1) is 12.4 Å². The predicted molar refractivity (Wildman–Crippen MR) is 71.3 cm³/mol. The number of hydrogen-bond acceptors (Lipinski definition) is 4. The van der Waals surface area contributed by atoms with Gasteiger partial charge in [-0.25, -0.2) is 0 Å². The first kappa shape index (κ1) is 14.6. The van der Waals surface area contributed by atoms with Crippen LogP contribution in [0.5, 0.6) is 11.5 Å². The fourth-order valence-corrected chi connectivity index (χ4v) is 1.50. The molecule has 0 unspecified atom stereocenters. The van der Waals surface area contributed by atoms with Crippen LogP contribution < -0.4 is 20.5 Å². The Labute approximate surface area is 112 Å². The van der Waals surface area contributed by atoms with E-state index in [0.29, 0.717) is 17.2 Å². The number of benzene rings is 1. The lowest BCUT2D eigenvalue weighted by molar-refractivity contribution is -0.118. The summed E-state index contributed by atoms with van der Waals surface area (Å²) in [6, 6.07) is 4.74. The number of ether oxygens (including phenoxy) is 2. The molecule has 18 heavy (non-hydrogen) atoms. The predicted octanol–water partition coefficient (Wildman–Crippen LogP) is 1.76. The van der Waals surface area contributed by atoms with Crippen molar-refractivity contribution in [1.82, 2.24) is 0 Å². The number of carbonyl (C=O) groups excluding carboxylic acids is 1. The van der Waals surface area contributed by atoms with Gasteiger partial charge in [-0.2, -0.15) is 0 Å². The van der Waals surface area contributed by atoms with Crippen molar-refractivity contribution in [2.45, 2.75) is 19.9 Å². The van der Waals surface area contributed by atoms with Gasteiger partial charge in [0.15, 0.2) is 11.5 Å². The fourth-order valence-electron chi connectivity index (χ4n) is 1.50. The van der Waals surface area contributed by atoms with Crippen LogP contribution in [0, 0.1) is 5.92 Å². The van der Waals surface area contributed by atoms with Crippen molar-refractivity contribution < 1.29 is 14.3 Å². The third kappa shape index (κ3) is 3.05. The molecule has 0 aromatic heterocycles. The second-order valence-corrected chi connectivity index (χ2v) is 4.33. The zero-order valence-corrected chi connectivity index (χ0v) is 11.1. The molecule has 0 bridgehead atoms. The molecular formula is C12H17ClN2O3. The molecule has 0 saturated heterocycles. The van der Waals surface area contributed by atoms with E-state index in [-0.39, 0.29) is 31.0 Å². The van der Waals surface area contributed by atoms with Gasteiger partial charge in [0.2, 0.25) is 12.7 Å². The molecule has 0 spiro atoms. The number of hydrogen-bond donors (Lipinski definition) is 2. The fraction of sp³-hybridized carbons (Fsp3) is 0.417. The summed E-state index contributed by atoms with van der Waals surface area (Å²) in [7, 11) is 0. The monoisotopic (exact) mass is 272 g/mol. The van der Waals surface area contributed by atoms with Gasteiger partial charge in [-0.1, -0.05) is 13.8 Å². The second-order valence-electron chi connectivity index (χ2n) is 4.33. The molecule has 5 nitrogen and oxygen atoms in total. The van der Waals surface area contributed by atoms with Crippen LogP contribution in [0.3, 0.4) is 0 Å². The zero-order valence-electron chi connectivity index (χ0n) is 10.3. The van der Waals surface area contributed by atoms with Gasteiger partial charge in [0.25, 0.3) is 0 Å². The third-order valence-electron chi connectivity index (χ3n) is 2.66. The molecule has 1 aliphatic heterocycles. The van der Waals surface area contributed by atoms with Crippen LogP contribution in [-0.2, 0) is 4.79 Å². The normalized spacial score (nSPS) is 14.0. The summed E-state index contributed by atoms with van der Waals surface area (Å²) < 4.78 is 10.4. The van der Waals surface area contributed by atoms with Crippen LogP contribution in [0.1, 0.15) is 13.8 Å². The highest BCUT2D eigenvalue weighted by atomic mass is 35.5. The van der Waals surface area contributed by atoms with Gasteiger partial charge < -0.3 is 20.5 Å². The average molecular weight is 273 g/mol. The SMILES string of the molecule is CC(C)[C@@H](N)C(=O)Nc1ccc2c(c1)OCO2.Cl. The Balaban J connectivity index is 0.00000162. The summed E-state index contributed by atoms with van der Waals surface area (Å²) in [5.74, 6) is 1.24. The quantitative estimate of drug-likeness (QED) is 0.879. The average Bonchev–Trinajstić information content (AvgIpc) is 2.74. The molecule has 6 heteroatoms. The first-order valence-corrected chi connectivity index (χ1v) is 5.54. The second kappa shape index (κ2) is 5.93. The number of nitrogens with one attached hydrogen (secondary N) is 1. The number of nitrogens with two attached hydrogens (primary N) is 1. The van der Waals surface area contributed by atoms with Crippen LogP contribution in [0.4, 0.5) is 5.69 Å². The van der Waals surface area contributed by atoms with E-state index in [9.17, 15) is 4.79 Å². The Morgan fingerprint density at radius 3 is 2.67 bits per heavy atom. The number of carbonyl (C=O) groups is 1. The Bertz CT molecular complexity index is 437. The Morgan fingerprint density at radius 2 is 2.00 bits per heavy atom. The Morgan fingerprint density at radius 1 is 1.33 bits per heavy atom. The van der Waals surface area contributed by atoms with E-state index in [1.807, 2.05) is 13.8 Å². The molecule has 100 valence electrons. The van der Waals surface area contributed by atoms with Gasteiger partial charge in [-0.05, 0) is 18.1 Å². The van der Waals surface area contributed by atoms with Gasteiger partial charge in [0.1, 0.15) is 0 Å². The lowest BCUT2D eigenvalue weighted by atomic mass is 10.0. The highest BCUT2D eigenvalue weighted by Crippen LogP contribution is 2.34. The smallest absolute Gasteiger partial charge is 0.241 e. The molecule has 0 radical (unpaired) electrons. The van der Waals surface area contributed by atoms with E-state index in [2.05, 4.69) is 5.32 Å². The largest absolute Gasteiger partial charge is 0.454 e. The lowest BCUT2D eigenvalue weighted by Gasteiger charge is -2.15. The molecule has 1 aromatic carbocycles. The van der Waals surface area contributed by atoms with Crippen LogP contribution in [0.25, 0.3) is 0 Å². The van der Waals surface area contributed by atoms with E-state index in [1.54, 1.807) is 18.2 Å². The molecule has 3 N–H and O–H groups in total. The lowest BCUT2D eigenvalue weighted by Crippen LogP contribution is -2.39. The first-order chi connectivity index (χ1) is 8.08. The van der Waals surface area contributed by atoms with Crippen molar-refractivity contribution in [1.29, 1.82) is 0 Å². The number of anilines is 1. The molecule has 0 fully saturated rings. The molecule has 0 aliphatic carbocycles. The number of fused-ring (bicyclic) bond motifs is 1. The standard InChI is InChI=1S/C12H16N2O3.ClH/c1-7(2)11(13)12(15)14-8-3-4-9-10(5-8)17-6-16-9;/h3-5,7,11H,6,13H2,1-2H3,(H,14,15);1H/t11-;/m1./s1. The molecule has 1 aromatic rings. The minimum absolute atomic E-state index is 0. The summed E-state index contributed by atoms with van der Waals surface area (Å²) in [6.07, 6.45) is 0. The molecule has 1 amide bonds. The summed E-state index contributed by atoms with van der Waals surface area (Å²) in [5, 5.41) is 2.75. The van der Waals surface area contributed by atoms with Gasteiger partial charge in [0, 0.05) is 11.8 Å². The molecule has 2 rings (SSSR count). The Hall–Kier alpha value is -1.46. The minimum Gasteiger partial charge on any atom is -0.454 e. The van der Waals surface area contributed by atoms with Gasteiger partial charge >= 0.3 is 0 Å². The van der Waals surface area contributed by atoms with Crippen molar-refractivity contribution in [3.05, 3.63) is 18.2 Å². The molecule has 1 atom stereocenters. The van der Waals surface area contributed by atoms with Crippen LogP contribution in [-0.4, -0.2) is 18.7 Å². The summed E-state index contributed by atoms with van der Waals surface area (Å²) in [4.78, 5) is 11.7. The summed E-state index contributed by atoms with van der Waals surface area (Å²) in [5.41, 5.74) is 6.42. The maximum absolute atomic E-state index is 11.7. The zero-order chi connectivity index (χ0) is 12.4. The van der Waals surface area contributed by atoms with E-state index < -0.39 is 6.04 Å². The van der Waals surface area contributed by atoms with Crippen LogP contribution in [0.2, 0.25) is 0 Å². The maximum Gasteiger partial charge on any atom is 0.241 e. The number of amides is 1. The van der Waals surface area contributed by atoms with Gasteiger partial charge in [-0.3, -0.25) is 4.79 Å². The number of rotatable bonds is 3. The molecule has 1 aliphatic rings. The highest BCUT2D eigenvalue weighted by molar-refractivity contribution is 5.95. The first-order valence-electron chi connectivity index (χ1n) is 5.54. The van der Waals surface area contributed by atoms with Crippen LogP contribution >= 0.6 is 12.4 Å². The van der Waals surface area contributed by atoms with E-state index in [0.717, 1.165) is 0 Å². The van der Waals surface area contributed by atoms with E-state index >= 15 is 0 Å². The van der Waals surface area contributed by atoms with Crippen LogP contribution in [0.15, 0.2) is 18.2 Å². The van der Waals surface area contributed by atoms with E-state index in [1.165, 1.54) is 0 Å². The summed E-state index contributed by atoms with van der Waals surface area (Å²) in [6.45, 7) is 4.03. The van der Waals surface area contributed by atoms with Crippen molar-refractivity contribution >= 4 is 24.0 Å². The third-order valence-corrected chi connectivity index (χ3v) is 2.66. The minimum atomic E-state index is -0.513. The Kier molecular flexibility index (Phi) is 4.81. The van der Waals surface area contributed by atoms with Crippen molar-refractivity contribution in [3.63, 3.8) is 0 Å². The number of halogens is 1. The topological polar surface area (TPSA) is 73.6 Å². The van der Waals surface area contributed by atoms with Crippen molar-refractivity contribution in [2.75, 3.05) is 12.1 Å². The highest BCUT2D eigenvalue weighted by Gasteiger charge is 2.19. The van der Waals surface area contributed by atoms with E-state index in [4.69, 9.17) is 15.2 Å². The molecule has 0 saturated carbocycles. The van der Waals surface area contributed by atoms with Crippen molar-refractivity contribution in [2.24, 2.45) is 11.7 Å². The maximum atomic E-state index is 11.7. The van der Waals surface area contributed by atoms with Gasteiger partial charge in [0.05, 0.1) is 6.04 Å². The summed E-state index contributed by atoms with van der Waals surface area (Å²) >= 11 is 0. The van der Waals surface area contributed by atoms with Crippen molar-refractivity contribution in [3.8, 4) is 11.5 Å². The molecular weight excluding hydrogens is 256 g/mol. The molecule has 1 heterocycles.